The summed E-state index contributed by atoms with van der Waals surface area (Å²) in [5.74, 6) is -1.29. The number of quaternary nitrogens is 1. The summed E-state index contributed by atoms with van der Waals surface area (Å²) < 4.78 is 9.88. The summed E-state index contributed by atoms with van der Waals surface area (Å²) >= 11 is 0. The number of rotatable bonds is 12. The summed E-state index contributed by atoms with van der Waals surface area (Å²) in [6.07, 6.45) is -4.83. The molecular formula is C29H39N4O8+. The van der Waals surface area contributed by atoms with Crippen molar-refractivity contribution < 1.29 is 43.3 Å². The number of carbonyl (C=O) groups is 4. The number of nitrogens with two attached hydrogens (primary N) is 2. The van der Waals surface area contributed by atoms with E-state index in [0.29, 0.717) is 35.5 Å². The summed E-state index contributed by atoms with van der Waals surface area (Å²) in [5, 5.41) is 22.2. The summed E-state index contributed by atoms with van der Waals surface area (Å²) in [6, 6.07) is 13.7. The maximum absolute atomic E-state index is 13.7. The topological polar surface area (TPSA) is 182 Å². The van der Waals surface area contributed by atoms with E-state index >= 15 is 0 Å². The van der Waals surface area contributed by atoms with Gasteiger partial charge in [0.1, 0.15) is 18.5 Å². The van der Waals surface area contributed by atoms with Gasteiger partial charge in [0.2, 0.25) is 12.1 Å². The average Bonchev–Trinajstić information content (AvgIpc) is 3.35. The van der Waals surface area contributed by atoms with Crippen molar-refractivity contribution in [3.8, 4) is 5.75 Å². The molecule has 0 bridgehead atoms. The number of hydrogen-bond donors (Lipinski definition) is 4. The van der Waals surface area contributed by atoms with E-state index in [0.717, 1.165) is 5.56 Å². The van der Waals surface area contributed by atoms with E-state index in [1.54, 1.807) is 68.6 Å². The van der Waals surface area contributed by atoms with Crippen molar-refractivity contribution in [2.45, 2.75) is 70.0 Å². The number of carbonyl (C=O) groups excluding carboxylic acids is 3. The zero-order valence-electron chi connectivity index (χ0n) is 23.3. The van der Waals surface area contributed by atoms with Gasteiger partial charge in [-0.05, 0) is 43.0 Å². The van der Waals surface area contributed by atoms with Crippen LogP contribution in [0.4, 0.5) is 9.59 Å². The lowest BCUT2D eigenvalue weighted by Gasteiger charge is -2.45. The molecule has 0 aliphatic carbocycles. The van der Waals surface area contributed by atoms with Crippen molar-refractivity contribution in [1.82, 2.24) is 4.90 Å². The number of ether oxygens (including phenoxy) is 2. The van der Waals surface area contributed by atoms with Crippen molar-refractivity contribution >= 4 is 24.0 Å². The monoisotopic (exact) mass is 571 g/mol. The molecule has 0 aromatic heterocycles. The smallest absolute Gasteiger partial charge is 0.497 e. The Balaban J connectivity index is 2.03. The highest BCUT2D eigenvalue weighted by molar-refractivity contribution is 5.97. The number of methoxy groups -OCH3 is 1. The Hall–Kier alpha value is -4.00. The molecule has 5 atom stereocenters. The van der Waals surface area contributed by atoms with Crippen molar-refractivity contribution in [3.05, 3.63) is 65.7 Å². The van der Waals surface area contributed by atoms with Crippen LogP contribution >= 0.6 is 0 Å². The molecule has 1 heterocycles. The maximum Gasteiger partial charge on any atom is 0.515 e. The number of aliphatic hydroxyl groups excluding tert-OH is 1. The molecule has 0 radical (unpaired) electrons. The third-order valence-corrected chi connectivity index (χ3v) is 7.64. The number of nitrogens with zero attached hydrogens (tertiary/aromatic N) is 2. The molecule has 6 N–H and O–H groups in total. The van der Waals surface area contributed by atoms with Crippen molar-refractivity contribution in [2.75, 3.05) is 13.7 Å². The van der Waals surface area contributed by atoms with Gasteiger partial charge in [-0.2, -0.15) is 14.2 Å². The first-order valence-electron chi connectivity index (χ1n) is 13.5. The quantitative estimate of drug-likeness (QED) is 0.278. The molecule has 1 fully saturated rings. The normalized spacial score (nSPS) is 20.4. The first-order chi connectivity index (χ1) is 19.5. The van der Waals surface area contributed by atoms with E-state index in [4.69, 9.17) is 20.9 Å². The number of amides is 4. The van der Waals surface area contributed by atoms with E-state index in [1.807, 2.05) is 0 Å². The Morgan fingerprint density at radius 3 is 2.27 bits per heavy atom. The molecule has 12 heteroatoms. The van der Waals surface area contributed by atoms with Crippen LogP contribution in [0.1, 0.15) is 43.7 Å². The fourth-order valence-electron chi connectivity index (χ4n) is 5.43. The van der Waals surface area contributed by atoms with Gasteiger partial charge in [-0.1, -0.05) is 42.5 Å². The van der Waals surface area contributed by atoms with Gasteiger partial charge in [-0.15, -0.1) is 0 Å². The molecule has 0 spiro atoms. The Bertz CT molecular complexity index is 1210. The zero-order chi connectivity index (χ0) is 30.2. The number of aliphatic hydroxyl groups is 1. The summed E-state index contributed by atoms with van der Waals surface area (Å²) in [5.41, 5.74) is 12.7. The Kier molecular flexibility index (Phi) is 10.8. The number of primary amides is 1. The minimum absolute atomic E-state index is 0.0117. The number of benzene rings is 2. The van der Waals surface area contributed by atoms with Gasteiger partial charge in [0.15, 0.2) is 0 Å². The predicted octanol–water partition coefficient (Wildman–Crippen LogP) is 2.36. The van der Waals surface area contributed by atoms with Gasteiger partial charge in [-0.25, -0.2) is 4.79 Å². The van der Waals surface area contributed by atoms with Crippen molar-refractivity contribution in [1.29, 1.82) is 0 Å². The molecule has 0 saturated carbocycles. The first kappa shape index (κ1) is 31.5. The highest BCUT2D eigenvalue weighted by Gasteiger charge is 2.60. The van der Waals surface area contributed by atoms with Crippen LogP contribution in [0.25, 0.3) is 0 Å². The molecule has 2 aromatic carbocycles. The second-order valence-corrected chi connectivity index (χ2v) is 10.3. The lowest BCUT2D eigenvalue weighted by molar-refractivity contribution is -0.905. The second kappa shape index (κ2) is 14.1. The molecule has 12 nitrogen and oxygen atoms in total. The van der Waals surface area contributed by atoms with Crippen LogP contribution in [-0.2, 0) is 27.4 Å². The summed E-state index contributed by atoms with van der Waals surface area (Å²) in [7, 11) is 1.54. The largest absolute Gasteiger partial charge is 0.515 e. The van der Waals surface area contributed by atoms with Gasteiger partial charge >= 0.3 is 12.2 Å². The number of imide groups is 1. The SMILES string of the molecule is COc1ccc(CCC(O)C(N(C(=O)OCc2ccccc2)C(=O)[C@@H](N)CC(N)=O)[N+]2(C(=O)O)CCC[C@H]2C)cc1. The molecule has 3 unspecified atom stereocenters. The van der Waals surface area contributed by atoms with E-state index in [2.05, 4.69) is 0 Å². The predicted molar refractivity (Wildman–Crippen MR) is 148 cm³/mol. The second-order valence-electron chi connectivity index (χ2n) is 10.3. The molecule has 41 heavy (non-hydrogen) atoms. The highest BCUT2D eigenvalue weighted by Crippen LogP contribution is 2.36. The summed E-state index contributed by atoms with van der Waals surface area (Å²) in [4.78, 5) is 52.5. The van der Waals surface area contributed by atoms with Gasteiger partial charge < -0.3 is 31.2 Å². The lowest BCUT2D eigenvalue weighted by atomic mass is 10.0. The molecular weight excluding hydrogens is 532 g/mol. The third-order valence-electron chi connectivity index (χ3n) is 7.64. The third kappa shape index (κ3) is 7.40. The molecule has 222 valence electrons. The van der Waals surface area contributed by atoms with Crippen LogP contribution in [0.3, 0.4) is 0 Å². The molecule has 1 aliphatic heterocycles. The number of likely N-dealkylation sites (tertiary alicyclic amines) is 1. The van der Waals surface area contributed by atoms with E-state index in [9.17, 15) is 29.4 Å². The number of hydrogen-bond acceptors (Lipinski definition) is 8. The zero-order valence-corrected chi connectivity index (χ0v) is 23.3. The standard InChI is InChI=1S/C29H38N4O8/c1-19-7-6-16-33(19,29(38)39)26(24(34)15-12-20-10-13-22(40-2)14-11-20)32(27(36)23(30)17-25(31)35)28(37)41-18-21-8-4-3-5-9-21/h3-5,8-11,13-14,19,23-24,26,34H,6-7,12,15-18,30H2,1-2H3,(H2-,31,35,38,39)/p+1/t19-,23+,24?,26?,33?/m1/s1. The van der Waals surface area contributed by atoms with E-state index < -0.39 is 59.3 Å². The minimum atomic E-state index is -1.59. The molecule has 2 aromatic rings. The Morgan fingerprint density at radius 2 is 1.73 bits per heavy atom. The van der Waals surface area contributed by atoms with Crippen LogP contribution in [0, 0.1) is 0 Å². The minimum Gasteiger partial charge on any atom is -0.497 e. The maximum atomic E-state index is 13.7. The highest BCUT2D eigenvalue weighted by atomic mass is 16.6. The molecule has 1 aliphatic rings. The van der Waals surface area contributed by atoms with Crippen LogP contribution in [-0.4, -0.2) is 81.6 Å². The fourth-order valence-corrected chi connectivity index (χ4v) is 5.43. The van der Waals surface area contributed by atoms with E-state index in [-0.39, 0.29) is 19.6 Å². The Morgan fingerprint density at radius 1 is 1.07 bits per heavy atom. The van der Waals surface area contributed by atoms with E-state index in [1.165, 1.54) is 0 Å². The van der Waals surface area contributed by atoms with Crippen LogP contribution in [0.5, 0.6) is 5.75 Å². The Labute approximate surface area is 239 Å². The molecule has 1 saturated heterocycles. The van der Waals surface area contributed by atoms with Gasteiger partial charge in [0.25, 0.3) is 5.91 Å². The lowest BCUT2D eigenvalue weighted by Crippen LogP contribution is -2.73. The first-order valence-corrected chi connectivity index (χ1v) is 13.5. The van der Waals surface area contributed by atoms with Gasteiger partial charge in [0, 0.05) is 12.8 Å². The van der Waals surface area contributed by atoms with Crippen LogP contribution < -0.4 is 16.2 Å². The fraction of sp³-hybridized carbons (Fsp3) is 0.448. The summed E-state index contributed by atoms with van der Waals surface area (Å²) in [6.45, 7) is 1.54. The van der Waals surface area contributed by atoms with Gasteiger partial charge in [0.05, 0.1) is 32.2 Å². The molecule has 4 amide bonds. The number of carboxylic acid groups (broad SMARTS) is 1. The molecule has 3 rings (SSSR count). The van der Waals surface area contributed by atoms with Crippen molar-refractivity contribution in [3.63, 3.8) is 0 Å². The van der Waals surface area contributed by atoms with Crippen molar-refractivity contribution in [2.24, 2.45) is 11.5 Å². The van der Waals surface area contributed by atoms with Crippen LogP contribution in [0.2, 0.25) is 0 Å². The van der Waals surface area contributed by atoms with Crippen LogP contribution in [0.15, 0.2) is 54.6 Å². The average molecular weight is 572 g/mol. The number of aryl methyl sites for hydroxylation is 1. The van der Waals surface area contributed by atoms with Gasteiger partial charge in [-0.3, -0.25) is 9.59 Å².